The number of ether oxygens (including phenoxy) is 1. The fraction of sp³-hybridized carbons (Fsp3) is 0.621. The number of carboxylic acid groups (broad SMARTS) is 1. The lowest BCUT2D eigenvalue weighted by Crippen LogP contribution is -2.67. The molecule has 9 nitrogen and oxygen atoms in total. The van der Waals surface area contributed by atoms with E-state index in [0.29, 0.717) is 43.4 Å². The molecule has 4 aliphatic rings. The Balaban J connectivity index is 0.000000302. The maximum absolute atomic E-state index is 13.3. The Kier molecular flexibility index (Phi) is 10.9. The molecule has 2 bridgehead atoms. The summed E-state index contributed by atoms with van der Waals surface area (Å²) in [6.45, 7) is 7.67. The van der Waals surface area contributed by atoms with Crippen LogP contribution in [-0.2, 0) is 14.3 Å². The molecule has 8 unspecified atom stereocenters. The van der Waals surface area contributed by atoms with Gasteiger partial charge < -0.3 is 35.1 Å². The van der Waals surface area contributed by atoms with Crippen LogP contribution in [0.4, 0.5) is 0 Å². The number of allylic oxidation sites excluding steroid dienone is 1. The van der Waals surface area contributed by atoms with Crippen molar-refractivity contribution in [1.29, 1.82) is 0 Å². The van der Waals surface area contributed by atoms with Crippen LogP contribution in [-0.4, -0.2) is 81.2 Å². The zero-order valence-corrected chi connectivity index (χ0v) is 22.8. The molecule has 0 amide bonds. The lowest BCUT2D eigenvalue weighted by molar-refractivity contribution is -0.237. The fourth-order valence-corrected chi connectivity index (χ4v) is 6.40. The molecule has 1 aliphatic heterocycles. The minimum Gasteiger partial charge on any atom is -0.478 e. The average Bonchev–Trinajstić information content (AvgIpc) is 2.89. The number of aromatic carboxylic acids is 1. The number of hydrogen-bond acceptors (Lipinski definition) is 8. The summed E-state index contributed by atoms with van der Waals surface area (Å²) in [7, 11) is 1.00. The highest BCUT2D eigenvalue weighted by atomic mass is 16.5. The van der Waals surface area contributed by atoms with Gasteiger partial charge in [0.1, 0.15) is 12.4 Å². The van der Waals surface area contributed by atoms with E-state index in [9.17, 15) is 24.9 Å². The van der Waals surface area contributed by atoms with E-state index in [1.165, 1.54) is 6.92 Å². The molecule has 3 fully saturated rings. The lowest BCUT2D eigenvalue weighted by atomic mass is 9.50. The molecule has 38 heavy (non-hydrogen) atoms. The summed E-state index contributed by atoms with van der Waals surface area (Å²) < 4.78 is 5.59. The third kappa shape index (κ3) is 5.92. The van der Waals surface area contributed by atoms with Gasteiger partial charge in [-0.3, -0.25) is 4.79 Å². The zero-order valence-electron chi connectivity index (χ0n) is 22.8. The van der Waals surface area contributed by atoms with Gasteiger partial charge in [-0.15, -0.1) is 0 Å². The first-order chi connectivity index (χ1) is 17.9. The van der Waals surface area contributed by atoms with Crippen molar-refractivity contribution >= 4 is 18.0 Å². The Morgan fingerprint density at radius 2 is 1.74 bits per heavy atom. The number of Topliss-reactive ketones (excluding diaryl/α,β-unsaturated/α-hetero) is 1. The topological polar surface area (TPSA) is 162 Å². The Morgan fingerprint density at radius 3 is 2.21 bits per heavy atom. The van der Waals surface area contributed by atoms with E-state index in [0.717, 1.165) is 19.0 Å². The number of carbonyl (C=O) groups excluding carboxylic acids is 2. The molecular weight excluding hydrogens is 492 g/mol. The molecule has 1 aromatic carbocycles. The van der Waals surface area contributed by atoms with Gasteiger partial charge in [0.25, 0.3) is 0 Å². The second-order valence-electron chi connectivity index (χ2n) is 10.6. The number of rotatable bonds is 1. The Morgan fingerprint density at radius 1 is 1.16 bits per heavy atom. The van der Waals surface area contributed by atoms with E-state index in [2.05, 4.69) is 0 Å². The van der Waals surface area contributed by atoms with Crippen LogP contribution >= 0.6 is 0 Å². The normalized spacial score (nSPS) is 36.9. The molecular formula is C29H42O9. The number of carboxylic acids is 1. The van der Waals surface area contributed by atoms with E-state index >= 15 is 0 Å². The van der Waals surface area contributed by atoms with E-state index in [1.54, 1.807) is 37.3 Å². The second kappa shape index (κ2) is 13.1. The van der Waals surface area contributed by atoms with Crippen LogP contribution in [0.25, 0.3) is 0 Å². The fourth-order valence-electron chi connectivity index (χ4n) is 6.40. The van der Waals surface area contributed by atoms with Crippen molar-refractivity contribution in [3.8, 4) is 0 Å². The molecule has 1 heterocycles. The number of aliphatic hydroxyl groups is 4. The second-order valence-corrected chi connectivity index (χ2v) is 10.6. The number of benzene rings is 1. The third-order valence-electron chi connectivity index (χ3n) is 8.78. The molecule has 8 atom stereocenters. The van der Waals surface area contributed by atoms with Gasteiger partial charge in [-0.2, -0.15) is 0 Å². The number of aldehydes is 1. The van der Waals surface area contributed by atoms with Crippen molar-refractivity contribution in [2.24, 2.45) is 23.2 Å². The van der Waals surface area contributed by atoms with Crippen molar-refractivity contribution in [1.82, 2.24) is 0 Å². The van der Waals surface area contributed by atoms with Gasteiger partial charge >= 0.3 is 5.97 Å². The predicted octanol–water partition coefficient (Wildman–Crippen LogP) is 2.40. The van der Waals surface area contributed by atoms with Crippen LogP contribution in [0.2, 0.25) is 0 Å². The van der Waals surface area contributed by atoms with Crippen molar-refractivity contribution in [3.63, 3.8) is 0 Å². The summed E-state index contributed by atoms with van der Waals surface area (Å²) in [6, 6.07) is 8.30. The highest BCUT2D eigenvalue weighted by Gasteiger charge is 2.63. The van der Waals surface area contributed by atoms with Crippen LogP contribution in [0.3, 0.4) is 0 Å². The zero-order chi connectivity index (χ0) is 28.8. The van der Waals surface area contributed by atoms with Crippen molar-refractivity contribution < 1.29 is 44.7 Å². The van der Waals surface area contributed by atoms with Crippen LogP contribution in [0.15, 0.2) is 41.5 Å². The molecule has 1 saturated heterocycles. The Bertz CT molecular complexity index is 1010. The average molecular weight is 535 g/mol. The molecule has 5 N–H and O–H groups in total. The van der Waals surface area contributed by atoms with E-state index in [1.807, 2.05) is 13.8 Å². The minimum atomic E-state index is -1.23. The highest BCUT2D eigenvalue weighted by Crippen LogP contribution is 2.57. The Labute approximate surface area is 224 Å². The Hall–Kier alpha value is -2.43. The smallest absolute Gasteiger partial charge is 0.335 e. The first kappa shape index (κ1) is 31.8. The maximum atomic E-state index is 13.3. The van der Waals surface area contributed by atoms with Gasteiger partial charge in [0.05, 0.1) is 35.4 Å². The van der Waals surface area contributed by atoms with Crippen LogP contribution in [0.5, 0.6) is 0 Å². The molecule has 1 aromatic rings. The maximum Gasteiger partial charge on any atom is 0.335 e. The SMILES string of the molecule is CC1=C2C(O)C(=O)C3(C)C(O)CC4OCC4C3CC(O)(CC1)C2C.CC=O.CO.O=C(O)c1ccccc1. The number of hydrogen-bond donors (Lipinski definition) is 5. The molecule has 0 radical (unpaired) electrons. The molecule has 3 aliphatic carbocycles. The summed E-state index contributed by atoms with van der Waals surface area (Å²) >= 11 is 0. The van der Waals surface area contributed by atoms with E-state index < -0.39 is 29.2 Å². The van der Waals surface area contributed by atoms with Crippen molar-refractivity contribution in [3.05, 3.63) is 47.0 Å². The van der Waals surface area contributed by atoms with Gasteiger partial charge in [0.15, 0.2) is 5.78 Å². The molecule has 212 valence electrons. The molecule has 0 spiro atoms. The van der Waals surface area contributed by atoms with Gasteiger partial charge in [0, 0.05) is 25.4 Å². The minimum absolute atomic E-state index is 0.0262. The van der Waals surface area contributed by atoms with Gasteiger partial charge in [0.2, 0.25) is 0 Å². The van der Waals surface area contributed by atoms with Gasteiger partial charge in [-0.05, 0) is 63.7 Å². The van der Waals surface area contributed by atoms with Crippen LogP contribution in [0.1, 0.15) is 63.7 Å². The monoisotopic (exact) mass is 534 g/mol. The van der Waals surface area contributed by atoms with Gasteiger partial charge in [-0.1, -0.05) is 30.7 Å². The molecule has 9 heteroatoms. The highest BCUT2D eigenvalue weighted by molar-refractivity contribution is 5.92. The van der Waals surface area contributed by atoms with Gasteiger partial charge in [-0.25, -0.2) is 4.79 Å². The first-order valence-corrected chi connectivity index (χ1v) is 13.0. The predicted molar refractivity (Wildman–Crippen MR) is 140 cm³/mol. The quantitative estimate of drug-likeness (QED) is 0.269. The van der Waals surface area contributed by atoms with E-state index in [-0.39, 0.29) is 29.6 Å². The van der Waals surface area contributed by atoms with Crippen LogP contribution in [0, 0.1) is 23.2 Å². The van der Waals surface area contributed by atoms with Crippen molar-refractivity contribution in [2.75, 3.05) is 13.7 Å². The molecule has 2 saturated carbocycles. The molecule has 5 rings (SSSR count). The summed E-state index contributed by atoms with van der Waals surface area (Å²) in [5.41, 5.74) is 0.0522. The van der Waals surface area contributed by atoms with Crippen molar-refractivity contribution in [2.45, 2.75) is 77.3 Å². The first-order valence-electron chi connectivity index (χ1n) is 13.0. The third-order valence-corrected chi connectivity index (χ3v) is 8.78. The summed E-state index contributed by atoms with van der Waals surface area (Å²) in [5.74, 6) is -1.38. The summed E-state index contributed by atoms with van der Waals surface area (Å²) in [6.07, 6.45) is 0.921. The largest absolute Gasteiger partial charge is 0.478 e. The standard InChI is InChI=1S/C19H28O5.C7H6O2.C2H4O.CH4O/c1-9-4-5-19(23)7-12-11-8-24-13(11)6-14(20)18(12,3)17(22)16(21)15(9)10(19)2;8-7(9)6-4-2-1-3-5-6;1-2-3;1-2/h10-14,16,20-21,23H,4-8H2,1-3H3;1-5H,(H,8,9);2H,1H3;2H,1H3. The number of ketones is 1. The summed E-state index contributed by atoms with van der Waals surface area (Å²) in [5, 5.41) is 48.4. The summed E-state index contributed by atoms with van der Waals surface area (Å²) in [4.78, 5) is 32.3. The lowest BCUT2D eigenvalue weighted by Gasteiger charge is -2.59. The molecule has 0 aromatic heterocycles. The number of carbonyl (C=O) groups is 3. The van der Waals surface area contributed by atoms with E-state index in [4.69, 9.17) is 19.7 Å². The number of fused-ring (bicyclic) bond motifs is 5. The van der Waals surface area contributed by atoms with Crippen LogP contribution < -0.4 is 0 Å². The number of aliphatic hydroxyl groups excluding tert-OH is 3.